The molecule has 8 nitrogen and oxygen atoms in total. The summed E-state index contributed by atoms with van der Waals surface area (Å²) in [6, 6.07) is 4.50. The zero-order valence-electron chi connectivity index (χ0n) is 11.4. The molecule has 3 N–H and O–H groups in total. The van der Waals surface area contributed by atoms with Gasteiger partial charge in [0.2, 0.25) is 0 Å². The lowest BCUT2D eigenvalue weighted by molar-refractivity contribution is -0.120. The Bertz CT molecular complexity index is 706. The van der Waals surface area contributed by atoms with E-state index in [-0.39, 0.29) is 12.3 Å². The van der Waals surface area contributed by atoms with Crippen molar-refractivity contribution in [2.75, 3.05) is 6.54 Å². The van der Waals surface area contributed by atoms with Gasteiger partial charge in [-0.05, 0) is 41.1 Å². The van der Waals surface area contributed by atoms with Crippen LogP contribution in [0.2, 0.25) is 0 Å². The molecule has 2 heterocycles. The number of carbonyl (C=O) groups excluding carboxylic acids is 3. The van der Waals surface area contributed by atoms with E-state index in [1.807, 2.05) is 0 Å². The van der Waals surface area contributed by atoms with E-state index in [4.69, 9.17) is 8.83 Å². The minimum atomic E-state index is -0.589. The summed E-state index contributed by atoms with van der Waals surface area (Å²) in [5, 5.41) is 2.35. The van der Waals surface area contributed by atoms with Crippen molar-refractivity contribution in [3.05, 3.63) is 46.2 Å². The summed E-state index contributed by atoms with van der Waals surface area (Å²) in [5.41, 5.74) is 4.70. The van der Waals surface area contributed by atoms with Crippen LogP contribution < -0.4 is 16.2 Å². The molecule has 0 spiro atoms. The predicted molar refractivity (Wildman–Crippen MR) is 77.8 cm³/mol. The Morgan fingerprint density at radius 2 is 1.91 bits per heavy atom. The van der Waals surface area contributed by atoms with Gasteiger partial charge >= 0.3 is 0 Å². The Hall–Kier alpha value is -2.55. The fourth-order valence-electron chi connectivity index (χ4n) is 1.54. The minimum Gasteiger partial charge on any atom is -0.469 e. The molecule has 0 atom stereocenters. The number of hydrogen-bond donors (Lipinski definition) is 3. The highest BCUT2D eigenvalue weighted by molar-refractivity contribution is 9.10. The highest BCUT2D eigenvalue weighted by Crippen LogP contribution is 2.13. The second-order valence-corrected chi connectivity index (χ2v) is 4.96. The van der Waals surface area contributed by atoms with E-state index in [0.29, 0.717) is 16.0 Å². The molecule has 0 aliphatic heterocycles. The summed E-state index contributed by atoms with van der Waals surface area (Å²) in [5.74, 6) is -1.15. The van der Waals surface area contributed by atoms with Crippen molar-refractivity contribution in [1.82, 2.24) is 16.2 Å². The zero-order chi connectivity index (χ0) is 16.1. The van der Waals surface area contributed by atoms with Crippen LogP contribution in [0.25, 0.3) is 0 Å². The van der Waals surface area contributed by atoms with E-state index in [2.05, 4.69) is 32.1 Å². The van der Waals surface area contributed by atoms with E-state index >= 15 is 0 Å². The standard InChI is InChI=1S/C13H12BrN3O5/c1-7-8(4-5-21-7)12(19)17-16-11(18)6-15-13(20)9-2-3-10(14)22-9/h2-5H,6H2,1H3,(H,15,20)(H,16,18)(H,17,19). The molecule has 0 aromatic carbocycles. The number of rotatable bonds is 4. The molecule has 9 heteroatoms. The number of carbonyl (C=O) groups is 3. The van der Waals surface area contributed by atoms with Gasteiger partial charge in [0.05, 0.1) is 18.4 Å². The molecule has 0 bridgehead atoms. The van der Waals surface area contributed by atoms with Gasteiger partial charge in [-0.15, -0.1) is 0 Å². The van der Waals surface area contributed by atoms with Crippen LogP contribution >= 0.6 is 15.9 Å². The van der Waals surface area contributed by atoms with Crippen LogP contribution in [0.15, 0.2) is 38.0 Å². The lowest BCUT2D eigenvalue weighted by Gasteiger charge is -2.07. The molecule has 0 fully saturated rings. The number of hydrazine groups is 1. The minimum absolute atomic E-state index is 0.0673. The van der Waals surface area contributed by atoms with Crippen LogP contribution in [0.1, 0.15) is 26.7 Å². The number of amides is 3. The Kier molecular flexibility index (Phi) is 4.99. The first-order valence-electron chi connectivity index (χ1n) is 6.14. The number of hydrogen-bond acceptors (Lipinski definition) is 5. The second-order valence-electron chi connectivity index (χ2n) is 4.18. The molecule has 116 valence electrons. The quantitative estimate of drug-likeness (QED) is 0.699. The number of aryl methyl sites for hydroxylation is 1. The lowest BCUT2D eigenvalue weighted by atomic mass is 10.2. The fourth-order valence-corrected chi connectivity index (χ4v) is 1.85. The first kappa shape index (κ1) is 15.8. The molecule has 2 aromatic rings. The number of halogens is 1. The molecule has 0 saturated carbocycles. The third-order valence-electron chi connectivity index (χ3n) is 2.63. The van der Waals surface area contributed by atoms with Gasteiger partial charge in [-0.25, -0.2) is 0 Å². The predicted octanol–water partition coefficient (Wildman–Crippen LogP) is 1.13. The molecule has 0 saturated heterocycles. The van der Waals surface area contributed by atoms with Gasteiger partial charge < -0.3 is 14.2 Å². The van der Waals surface area contributed by atoms with E-state index in [1.165, 1.54) is 18.4 Å². The molecule has 0 aliphatic rings. The van der Waals surface area contributed by atoms with Crippen molar-refractivity contribution in [2.45, 2.75) is 6.92 Å². The van der Waals surface area contributed by atoms with E-state index in [0.717, 1.165) is 0 Å². The van der Waals surface area contributed by atoms with Gasteiger partial charge in [0.15, 0.2) is 10.4 Å². The largest absolute Gasteiger partial charge is 0.469 e. The highest BCUT2D eigenvalue weighted by atomic mass is 79.9. The third kappa shape index (κ3) is 3.98. The summed E-state index contributed by atoms with van der Waals surface area (Å²) >= 11 is 3.06. The topological polar surface area (TPSA) is 114 Å². The van der Waals surface area contributed by atoms with E-state index in [1.54, 1.807) is 13.0 Å². The van der Waals surface area contributed by atoms with Crippen molar-refractivity contribution in [3.63, 3.8) is 0 Å². The van der Waals surface area contributed by atoms with Crippen molar-refractivity contribution in [1.29, 1.82) is 0 Å². The molecular formula is C13H12BrN3O5. The highest BCUT2D eigenvalue weighted by Gasteiger charge is 2.14. The van der Waals surface area contributed by atoms with Crippen LogP contribution in [-0.2, 0) is 4.79 Å². The Morgan fingerprint density at radius 3 is 2.50 bits per heavy atom. The molecule has 0 aliphatic carbocycles. The van der Waals surface area contributed by atoms with E-state index < -0.39 is 17.7 Å². The molecule has 0 unspecified atom stereocenters. The maximum Gasteiger partial charge on any atom is 0.287 e. The van der Waals surface area contributed by atoms with Gasteiger partial charge in [-0.2, -0.15) is 0 Å². The van der Waals surface area contributed by atoms with E-state index in [9.17, 15) is 14.4 Å². The fraction of sp³-hybridized carbons (Fsp3) is 0.154. The summed E-state index contributed by atoms with van der Waals surface area (Å²) in [6.45, 7) is 1.31. The molecule has 22 heavy (non-hydrogen) atoms. The summed E-state index contributed by atoms with van der Waals surface area (Å²) in [7, 11) is 0. The van der Waals surface area contributed by atoms with Crippen LogP contribution in [0.5, 0.6) is 0 Å². The lowest BCUT2D eigenvalue weighted by Crippen LogP contribution is -2.46. The Labute approximate surface area is 133 Å². The van der Waals surface area contributed by atoms with Crippen molar-refractivity contribution in [2.24, 2.45) is 0 Å². The average Bonchev–Trinajstić information content (AvgIpc) is 3.10. The third-order valence-corrected chi connectivity index (χ3v) is 3.05. The zero-order valence-corrected chi connectivity index (χ0v) is 13.0. The maximum absolute atomic E-state index is 11.7. The Balaban J connectivity index is 1.75. The van der Waals surface area contributed by atoms with Crippen molar-refractivity contribution >= 4 is 33.7 Å². The molecule has 2 rings (SSSR count). The van der Waals surface area contributed by atoms with Crippen molar-refractivity contribution < 1.29 is 23.2 Å². The van der Waals surface area contributed by atoms with Crippen molar-refractivity contribution in [3.8, 4) is 0 Å². The summed E-state index contributed by atoms with van der Waals surface area (Å²) in [6.07, 6.45) is 1.37. The molecule has 0 radical (unpaired) electrons. The number of nitrogens with one attached hydrogen (secondary N) is 3. The van der Waals surface area contributed by atoms with Gasteiger partial charge in [0.1, 0.15) is 5.76 Å². The summed E-state index contributed by atoms with van der Waals surface area (Å²) in [4.78, 5) is 34.9. The molecular weight excluding hydrogens is 358 g/mol. The van der Waals surface area contributed by atoms with Crippen LogP contribution in [0, 0.1) is 6.92 Å². The second kappa shape index (κ2) is 6.94. The van der Waals surface area contributed by atoms with Gasteiger partial charge in [-0.3, -0.25) is 25.2 Å². The monoisotopic (exact) mass is 369 g/mol. The maximum atomic E-state index is 11.7. The van der Waals surface area contributed by atoms with Gasteiger partial charge in [0.25, 0.3) is 17.7 Å². The van der Waals surface area contributed by atoms with Gasteiger partial charge in [-0.1, -0.05) is 0 Å². The van der Waals surface area contributed by atoms with Gasteiger partial charge in [0, 0.05) is 0 Å². The smallest absolute Gasteiger partial charge is 0.287 e. The van der Waals surface area contributed by atoms with Crippen LogP contribution in [0.4, 0.5) is 0 Å². The number of furan rings is 2. The summed E-state index contributed by atoms with van der Waals surface area (Å²) < 4.78 is 10.4. The average molecular weight is 370 g/mol. The first-order chi connectivity index (χ1) is 10.5. The first-order valence-corrected chi connectivity index (χ1v) is 6.93. The normalized spacial score (nSPS) is 10.1. The SMILES string of the molecule is Cc1occc1C(=O)NNC(=O)CNC(=O)c1ccc(Br)o1. The Morgan fingerprint density at radius 1 is 1.14 bits per heavy atom. The molecule has 3 amide bonds. The molecule has 2 aromatic heterocycles. The van der Waals surface area contributed by atoms with Crippen LogP contribution in [0.3, 0.4) is 0 Å². The van der Waals surface area contributed by atoms with Crippen LogP contribution in [-0.4, -0.2) is 24.3 Å².